The lowest BCUT2D eigenvalue weighted by Crippen LogP contribution is -2.43. The van der Waals surface area contributed by atoms with Crippen molar-refractivity contribution >= 4 is 17.9 Å². The average molecular weight is 363 g/mol. The Morgan fingerprint density at radius 3 is 2.62 bits per heavy atom. The number of carbonyl (C=O) groups excluding carboxylic acids is 2. The van der Waals surface area contributed by atoms with E-state index in [0.29, 0.717) is 30.7 Å². The van der Waals surface area contributed by atoms with Gasteiger partial charge in [0.05, 0.1) is 12.7 Å². The molecule has 1 fully saturated rings. The highest BCUT2D eigenvalue weighted by atomic mass is 16.7. The van der Waals surface area contributed by atoms with Gasteiger partial charge < -0.3 is 20.0 Å². The van der Waals surface area contributed by atoms with Crippen molar-refractivity contribution in [2.75, 3.05) is 13.7 Å². The van der Waals surface area contributed by atoms with Crippen molar-refractivity contribution in [2.24, 2.45) is 10.9 Å². The first kappa shape index (κ1) is 19.6. The van der Waals surface area contributed by atoms with Crippen molar-refractivity contribution in [3.8, 4) is 5.75 Å². The number of nitrogens with zero attached hydrogens (tertiary/aromatic N) is 2. The third kappa shape index (κ3) is 4.87. The summed E-state index contributed by atoms with van der Waals surface area (Å²) in [5.41, 5.74) is 5.76. The van der Waals surface area contributed by atoms with Crippen LogP contribution < -0.4 is 10.5 Å². The second kappa shape index (κ2) is 8.07. The predicted molar refractivity (Wildman–Crippen MR) is 95.8 cm³/mol. The lowest BCUT2D eigenvalue weighted by atomic mass is 10.2. The van der Waals surface area contributed by atoms with Crippen molar-refractivity contribution < 1.29 is 23.9 Å². The number of benzene rings is 1. The molecule has 8 heteroatoms. The van der Waals surface area contributed by atoms with E-state index in [2.05, 4.69) is 5.16 Å². The van der Waals surface area contributed by atoms with Crippen LogP contribution in [0.1, 0.15) is 39.2 Å². The number of para-hydroxylation sites is 1. The standard InChI is InChI=1S/C18H25N3O5/c1-18(2,3)25-17(23)21-11-7-9-13(21)16(22)26-20-15(19)12-8-5-6-10-14(12)24-4/h5-6,8,10,13H,7,9,11H2,1-4H3,(H2,19,20)/t13-/m0/s1. The maximum Gasteiger partial charge on any atom is 0.411 e. The lowest BCUT2D eigenvalue weighted by molar-refractivity contribution is -0.148. The van der Waals surface area contributed by atoms with Crippen molar-refractivity contribution in [3.05, 3.63) is 29.8 Å². The first-order valence-corrected chi connectivity index (χ1v) is 8.40. The normalized spacial score (nSPS) is 17.8. The Balaban J connectivity index is 2.05. The molecule has 1 saturated heterocycles. The molecule has 0 saturated carbocycles. The van der Waals surface area contributed by atoms with Gasteiger partial charge in [0.15, 0.2) is 5.84 Å². The number of carbonyl (C=O) groups is 2. The fourth-order valence-electron chi connectivity index (χ4n) is 2.61. The molecule has 1 aromatic rings. The molecule has 0 bridgehead atoms. The SMILES string of the molecule is COc1ccccc1C(N)=NOC(=O)[C@@H]1CCCN1C(=O)OC(C)(C)C. The molecule has 8 nitrogen and oxygen atoms in total. The molecule has 1 atom stereocenters. The number of likely N-dealkylation sites (tertiary alicyclic amines) is 1. The highest BCUT2D eigenvalue weighted by molar-refractivity contribution is 6.00. The van der Waals surface area contributed by atoms with Gasteiger partial charge in [-0.25, -0.2) is 9.59 Å². The number of hydrogen-bond donors (Lipinski definition) is 1. The van der Waals surface area contributed by atoms with Gasteiger partial charge in [0.25, 0.3) is 0 Å². The van der Waals surface area contributed by atoms with Gasteiger partial charge >= 0.3 is 12.1 Å². The largest absolute Gasteiger partial charge is 0.496 e. The molecular weight excluding hydrogens is 338 g/mol. The summed E-state index contributed by atoms with van der Waals surface area (Å²) in [5.74, 6) is -0.120. The van der Waals surface area contributed by atoms with E-state index in [0.717, 1.165) is 0 Å². The summed E-state index contributed by atoms with van der Waals surface area (Å²) in [4.78, 5) is 30.9. The molecule has 1 aliphatic heterocycles. The van der Waals surface area contributed by atoms with E-state index < -0.39 is 23.7 Å². The fraction of sp³-hybridized carbons (Fsp3) is 0.500. The van der Waals surface area contributed by atoms with Gasteiger partial charge in [-0.05, 0) is 45.7 Å². The molecule has 0 aliphatic carbocycles. The number of ether oxygens (including phenoxy) is 2. The Bertz CT molecular complexity index is 696. The van der Waals surface area contributed by atoms with Crippen LogP contribution in [-0.4, -0.2) is 48.1 Å². The van der Waals surface area contributed by atoms with Gasteiger partial charge in [0.1, 0.15) is 17.4 Å². The average Bonchev–Trinajstić information content (AvgIpc) is 3.07. The van der Waals surface area contributed by atoms with E-state index in [-0.39, 0.29) is 5.84 Å². The minimum absolute atomic E-state index is 0.0117. The van der Waals surface area contributed by atoms with Gasteiger partial charge in [0, 0.05) is 6.54 Å². The number of nitrogens with two attached hydrogens (primary N) is 1. The summed E-state index contributed by atoms with van der Waals surface area (Å²) >= 11 is 0. The Labute approximate surface area is 152 Å². The summed E-state index contributed by atoms with van der Waals surface area (Å²) in [6.07, 6.45) is 0.631. The van der Waals surface area contributed by atoms with Crippen molar-refractivity contribution in [2.45, 2.75) is 45.3 Å². The molecule has 142 valence electrons. The van der Waals surface area contributed by atoms with E-state index >= 15 is 0 Å². The molecule has 2 rings (SSSR count). The third-order valence-corrected chi connectivity index (χ3v) is 3.77. The maximum atomic E-state index is 12.4. The maximum absolute atomic E-state index is 12.4. The lowest BCUT2D eigenvalue weighted by Gasteiger charge is -2.27. The topological polar surface area (TPSA) is 103 Å². The highest BCUT2D eigenvalue weighted by Gasteiger charge is 2.38. The molecule has 1 amide bonds. The smallest absolute Gasteiger partial charge is 0.411 e. The summed E-state index contributed by atoms with van der Waals surface area (Å²) in [6.45, 7) is 5.74. The Morgan fingerprint density at radius 2 is 1.96 bits per heavy atom. The molecule has 0 spiro atoms. The van der Waals surface area contributed by atoms with E-state index in [4.69, 9.17) is 20.0 Å². The monoisotopic (exact) mass is 363 g/mol. The first-order valence-electron chi connectivity index (χ1n) is 8.40. The number of rotatable bonds is 4. The van der Waals surface area contributed by atoms with Crippen LogP contribution in [0.25, 0.3) is 0 Å². The molecule has 1 aliphatic rings. The van der Waals surface area contributed by atoms with Crippen molar-refractivity contribution in [1.82, 2.24) is 4.90 Å². The fourth-order valence-corrected chi connectivity index (χ4v) is 2.61. The highest BCUT2D eigenvalue weighted by Crippen LogP contribution is 2.22. The number of oxime groups is 1. The van der Waals surface area contributed by atoms with Gasteiger partial charge in [-0.15, -0.1) is 0 Å². The Kier molecular flexibility index (Phi) is 6.07. The quantitative estimate of drug-likeness (QED) is 0.381. The van der Waals surface area contributed by atoms with Crippen LogP contribution in [0.4, 0.5) is 4.79 Å². The Hall–Kier alpha value is -2.77. The van der Waals surface area contributed by atoms with Crippen LogP contribution >= 0.6 is 0 Å². The van der Waals surface area contributed by atoms with E-state index in [1.54, 1.807) is 45.0 Å². The van der Waals surface area contributed by atoms with Crippen LogP contribution in [0.5, 0.6) is 5.75 Å². The minimum atomic E-state index is -0.737. The van der Waals surface area contributed by atoms with Crippen molar-refractivity contribution in [1.29, 1.82) is 0 Å². The molecular formula is C18H25N3O5. The first-order chi connectivity index (χ1) is 12.2. The zero-order valence-corrected chi connectivity index (χ0v) is 15.5. The molecule has 1 heterocycles. The molecule has 2 N–H and O–H groups in total. The number of methoxy groups -OCH3 is 1. The van der Waals surface area contributed by atoms with Crippen LogP contribution in [0.2, 0.25) is 0 Å². The third-order valence-electron chi connectivity index (χ3n) is 3.77. The van der Waals surface area contributed by atoms with Crippen LogP contribution in [-0.2, 0) is 14.4 Å². The summed E-state index contributed by atoms with van der Waals surface area (Å²) < 4.78 is 10.5. The molecule has 0 unspecified atom stereocenters. The van der Waals surface area contributed by atoms with Crippen LogP contribution in [0.15, 0.2) is 29.4 Å². The van der Waals surface area contributed by atoms with Crippen LogP contribution in [0.3, 0.4) is 0 Å². The number of hydrogen-bond acceptors (Lipinski definition) is 6. The van der Waals surface area contributed by atoms with Gasteiger partial charge in [-0.2, -0.15) is 0 Å². The Morgan fingerprint density at radius 1 is 1.27 bits per heavy atom. The van der Waals surface area contributed by atoms with Crippen LogP contribution in [0, 0.1) is 0 Å². The molecule has 1 aromatic carbocycles. The predicted octanol–water partition coefficient (Wildman–Crippen LogP) is 2.26. The van der Waals surface area contributed by atoms with Gasteiger partial charge in [0.2, 0.25) is 0 Å². The summed E-state index contributed by atoms with van der Waals surface area (Å²) in [7, 11) is 1.51. The summed E-state index contributed by atoms with van der Waals surface area (Å²) in [5, 5.41) is 3.70. The zero-order chi connectivity index (χ0) is 19.3. The van der Waals surface area contributed by atoms with E-state index in [9.17, 15) is 9.59 Å². The number of amides is 1. The minimum Gasteiger partial charge on any atom is -0.496 e. The van der Waals surface area contributed by atoms with E-state index in [1.165, 1.54) is 12.0 Å². The molecule has 0 radical (unpaired) electrons. The second-order valence-corrected chi connectivity index (χ2v) is 6.92. The zero-order valence-electron chi connectivity index (χ0n) is 15.5. The second-order valence-electron chi connectivity index (χ2n) is 6.92. The molecule has 0 aromatic heterocycles. The molecule has 26 heavy (non-hydrogen) atoms. The van der Waals surface area contributed by atoms with Crippen molar-refractivity contribution in [3.63, 3.8) is 0 Å². The van der Waals surface area contributed by atoms with Gasteiger partial charge in [-0.3, -0.25) is 4.90 Å². The van der Waals surface area contributed by atoms with Gasteiger partial charge in [-0.1, -0.05) is 17.3 Å². The summed E-state index contributed by atoms with van der Waals surface area (Å²) in [6, 6.07) is 6.25. The van der Waals surface area contributed by atoms with E-state index in [1.807, 2.05) is 0 Å². The number of amidine groups is 1.